The van der Waals surface area contributed by atoms with Gasteiger partial charge in [0, 0.05) is 19.2 Å². The molecule has 0 fully saturated rings. The normalized spacial score (nSPS) is 14.6. The van der Waals surface area contributed by atoms with Gasteiger partial charge >= 0.3 is 0 Å². The van der Waals surface area contributed by atoms with E-state index in [2.05, 4.69) is 45.1 Å². The predicted octanol–water partition coefficient (Wildman–Crippen LogP) is 2.68. The van der Waals surface area contributed by atoms with Crippen molar-refractivity contribution in [3.8, 4) is 0 Å². The second-order valence-corrected chi connectivity index (χ2v) is 5.57. The van der Waals surface area contributed by atoms with Gasteiger partial charge in [0.15, 0.2) is 0 Å². The summed E-state index contributed by atoms with van der Waals surface area (Å²) in [4.78, 5) is 0. The van der Waals surface area contributed by atoms with Crippen LogP contribution < -0.4 is 5.32 Å². The van der Waals surface area contributed by atoms with E-state index in [1.807, 2.05) is 12.1 Å². The minimum atomic E-state index is -0.454. The molecule has 0 saturated carbocycles. The second kappa shape index (κ2) is 8.31. The summed E-state index contributed by atoms with van der Waals surface area (Å²) in [5, 5.41) is 13.2. The molecule has 3 heteroatoms. The molecule has 0 aliphatic rings. The lowest BCUT2D eigenvalue weighted by Gasteiger charge is -2.19. The largest absolute Gasteiger partial charge is 0.389 e. The fraction of sp³-hybridized carbons (Fsp3) is 0.625. The summed E-state index contributed by atoms with van der Waals surface area (Å²) in [7, 11) is 0. The Hall–Kier alpha value is -0.900. The Bertz CT molecular complexity index is 366. The first-order valence-corrected chi connectivity index (χ1v) is 7.05. The molecule has 0 bridgehead atoms. The number of hydrogen-bond acceptors (Lipinski definition) is 3. The Morgan fingerprint density at radius 3 is 2.47 bits per heavy atom. The zero-order valence-electron chi connectivity index (χ0n) is 12.5. The number of hydrogen-bond donors (Lipinski definition) is 2. The van der Waals surface area contributed by atoms with Gasteiger partial charge in [0.1, 0.15) is 0 Å². The zero-order chi connectivity index (χ0) is 14.3. The third-order valence-electron chi connectivity index (χ3n) is 3.08. The van der Waals surface area contributed by atoms with Gasteiger partial charge in [0.05, 0.1) is 12.7 Å². The summed E-state index contributed by atoms with van der Waals surface area (Å²) in [5.74, 6) is 0.506. The lowest BCUT2D eigenvalue weighted by molar-refractivity contribution is 0.0252. The smallest absolute Gasteiger partial charge is 0.0897 e. The van der Waals surface area contributed by atoms with Crippen molar-refractivity contribution in [2.24, 2.45) is 5.92 Å². The van der Waals surface area contributed by atoms with E-state index < -0.39 is 6.10 Å². The van der Waals surface area contributed by atoms with E-state index in [9.17, 15) is 5.11 Å². The maximum atomic E-state index is 9.84. The van der Waals surface area contributed by atoms with Gasteiger partial charge in [-0.05, 0) is 30.9 Å². The molecule has 0 saturated heterocycles. The fourth-order valence-electron chi connectivity index (χ4n) is 1.99. The average molecular weight is 265 g/mol. The Labute approximate surface area is 117 Å². The molecule has 0 spiro atoms. The number of aryl methyl sites for hydroxylation is 1. The van der Waals surface area contributed by atoms with Crippen LogP contribution in [0.5, 0.6) is 0 Å². The van der Waals surface area contributed by atoms with Crippen molar-refractivity contribution in [3.63, 3.8) is 0 Å². The molecule has 2 unspecified atom stereocenters. The Balaban J connectivity index is 2.30. The van der Waals surface area contributed by atoms with Crippen LogP contribution in [0.15, 0.2) is 24.3 Å². The molecule has 0 aliphatic carbocycles. The van der Waals surface area contributed by atoms with E-state index in [0.29, 0.717) is 25.7 Å². The van der Waals surface area contributed by atoms with E-state index in [1.54, 1.807) is 0 Å². The van der Waals surface area contributed by atoms with Gasteiger partial charge in [-0.3, -0.25) is 0 Å². The molecule has 0 heterocycles. The van der Waals surface area contributed by atoms with Crippen LogP contribution in [0.1, 0.15) is 37.9 Å². The fourth-order valence-corrected chi connectivity index (χ4v) is 1.99. The summed E-state index contributed by atoms with van der Waals surface area (Å²) in [6.45, 7) is 10.1. The lowest BCUT2D eigenvalue weighted by atomic mass is 10.0. The molecule has 0 radical (unpaired) electrons. The molecule has 0 aromatic heterocycles. The van der Waals surface area contributed by atoms with Crippen molar-refractivity contribution in [1.82, 2.24) is 5.32 Å². The number of ether oxygens (including phenoxy) is 1. The van der Waals surface area contributed by atoms with Crippen LogP contribution in [0, 0.1) is 12.8 Å². The molecular formula is C16H27NO2. The van der Waals surface area contributed by atoms with Gasteiger partial charge in [-0.2, -0.15) is 0 Å². The third kappa shape index (κ3) is 6.19. The average Bonchev–Trinajstić information content (AvgIpc) is 2.36. The van der Waals surface area contributed by atoms with Crippen LogP contribution in [-0.4, -0.2) is 31.0 Å². The number of aliphatic hydroxyl groups is 1. The van der Waals surface area contributed by atoms with Crippen LogP contribution in [-0.2, 0) is 4.74 Å². The summed E-state index contributed by atoms with van der Waals surface area (Å²) < 4.78 is 5.43. The first-order valence-electron chi connectivity index (χ1n) is 7.05. The molecule has 0 amide bonds. The molecule has 19 heavy (non-hydrogen) atoms. The van der Waals surface area contributed by atoms with E-state index in [4.69, 9.17) is 4.74 Å². The van der Waals surface area contributed by atoms with Crippen molar-refractivity contribution in [1.29, 1.82) is 0 Å². The SMILES string of the molecule is Cc1ccccc1C(C)NCC(O)COCC(C)C. The van der Waals surface area contributed by atoms with Gasteiger partial charge in [-0.1, -0.05) is 38.1 Å². The molecule has 1 rings (SSSR count). The summed E-state index contributed by atoms with van der Waals surface area (Å²) >= 11 is 0. The molecule has 2 N–H and O–H groups in total. The molecular weight excluding hydrogens is 238 g/mol. The number of rotatable bonds is 8. The first-order chi connectivity index (χ1) is 9.00. The van der Waals surface area contributed by atoms with Crippen molar-refractivity contribution >= 4 is 0 Å². The van der Waals surface area contributed by atoms with Crippen LogP contribution in [0.3, 0.4) is 0 Å². The maximum absolute atomic E-state index is 9.84. The van der Waals surface area contributed by atoms with E-state index >= 15 is 0 Å². The molecule has 3 nitrogen and oxygen atoms in total. The lowest BCUT2D eigenvalue weighted by Crippen LogP contribution is -2.32. The number of aliphatic hydroxyl groups excluding tert-OH is 1. The van der Waals surface area contributed by atoms with Crippen LogP contribution in [0.4, 0.5) is 0 Å². The van der Waals surface area contributed by atoms with E-state index in [-0.39, 0.29) is 6.04 Å². The summed E-state index contributed by atoms with van der Waals surface area (Å²) in [6, 6.07) is 8.55. The van der Waals surface area contributed by atoms with Gasteiger partial charge < -0.3 is 15.2 Å². The zero-order valence-corrected chi connectivity index (χ0v) is 12.5. The molecule has 2 atom stereocenters. The van der Waals surface area contributed by atoms with Gasteiger partial charge in [0.2, 0.25) is 0 Å². The minimum Gasteiger partial charge on any atom is -0.389 e. The number of benzene rings is 1. The molecule has 0 aliphatic heterocycles. The molecule has 108 valence electrons. The van der Waals surface area contributed by atoms with Gasteiger partial charge in [-0.25, -0.2) is 0 Å². The Morgan fingerprint density at radius 1 is 1.16 bits per heavy atom. The quantitative estimate of drug-likeness (QED) is 0.759. The highest BCUT2D eigenvalue weighted by Crippen LogP contribution is 2.16. The minimum absolute atomic E-state index is 0.237. The standard InChI is InChI=1S/C16H27NO2/c1-12(2)10-19-11-15(18)9-17-14(4)16-8-6-5-7-13(16)3/h5-8,12,14-15,17-18H,9-11H2,1-4H3. The van der Waals surface area contributed by atoms with Crippen LogP contribution >= 0.6 is 0 Å². The van der Waals surface area contributed by atoms with Crippen molar-refractivity contribution in [2.45, 2.75) is 39.8 Å². The van der Waals surface area contributed by atoms with Crippen molar-refractivity contribution in [3.05, 3.63) is 35.4 Å². The summed E-state index contributed by atoms with van der Waals surface area (Å²) in [6.07, 6.45) is -0.454. The molecule has 1 aromatic rings. The monoisotopic (exact) mass is 265 g/mol. The van der Waals surface area contributed by atoms with Crippen LogP contribution in [0.2, 0.25) is 0 Å². The van der Waals surface area contributed by atoms with E-state index in [0.717, 1.165) is 0 Å². The Morgan fingerprint density at radius 2 is 1.84 bits per heavy atom. The predicted molar refractivity (Wildman–Crippen MR) is 79.3 cm³/mol. The maximum Gasteiger partial charge on any atom is 0.0897 e. The first kappa shape index (κ1) is 16.2. The second-order valence-electron chi connectivity index (χ2n) is 5.57. The Kier molecular flexibility index (Phi) is 7.06. The topological polar surface area (TPSA) is 41.5 Å². The number of nitrogens with one attached hydrogen (secondary N) is 1. The van der Waals surface area contributed by atoms with Crippen molar-refractivity contribution < 1.29 is 9.84 Å². The highest BCUT2D eigenvalue weighted by atomic mass is 16.5. The summed E-state index contributed by atoms with van der Waals surface area (Å²) in [5.41, 5.74) is 2.55. The van der Waals surface area contributed by atoms with Crippen molar-refractivity contribution in [2.75, 3.05) is 19.8 Å². The highest BCUT2D eigenvalue weighted by Gasteiger charge is 2.10. The van der Waals surface area contributed by atoms with E-state index in [1.165, 1.54) is 11.1 Å². The van der Waals surface area contributed by atoms with Gasteiger partial charge in [0.25, 0.3) is 0 Å². The van der Waals surface area contributed by atoms with Gasteiger partial charge in [-0.15, -0.1) is 0 Å². The highest BCUT2D eigenvalue weighted by molar-refractivity contribution is 5.28. The molecule has 1 aromatic carbocycles. The third-order valence-corrected chi connectivity index (χ3v) is 3.08. The van der Waals surface area contributed by atoms with Crippen LogP contribution in [0.25, 0.3) is 0 Å².